The molecule has 3 rings (SSSR count). The molecular weight excluding hydrogens is 388 g/mol. The Hall–Kier alpha value is -2.63. The molecule has 1 fully saturated rings. The van der Waals surface area contributed by atoms with Gasteiger partial charge in [0.05, 0.1) is 11.6 Å². The summed E-state index contributed by atoms with van der Waals surface area (Å²) in [6.45, 7) is 4.73. The lowest BCUT2D eigenvalue weighted by Crippen LogP contribution is -2.35. The predicted octanol–water partition coefficient (Wildman–Crippen LogP) is 3.94. The van der Waals surface area contributed by atoms with E-state index in [1.807, 2.05) is 57.1 Å². The van der Waals surface area contributed by atoms with E-state index in [0.29, 0.717) is 29.2 Å². The number of hydrogen-bond acceptors (Lipinski definition) is 4. The molecule has 0 radical (unpaired) electrons. The molecule has 2 aromatic carbocycles. The van der Waals surface area contributed by atoms with Gasteiger partial charge in [0, 0.05) is 23.7 Å². The molecule has 0 aliphatic carbocycles. The average Bonchev–Trinajstić information content (AvgIpc) is 2.92. The standard InChI is InChI=1S/C23H25ClN2O3/c1-14-8-9-15(2)18(12-14)21(27)19-20(16-6-5-7-17(24)13-16)26(11-10-25(3)4)23(29)22(19)28/h5-9,12-13,20,27H,10-11H2,1-4H3/t20-/m1/s1. The first kappa shape index (κ1) is 21.1. The van der Waals surface area contributed by atoms with E-state index in [1.54, 1.807) is 18.2 Å². The largest absolute Gasteiger partial charge is 0.507 e. The second-order valence-corrected chi connectivity index (χ2v) is 8.11. The topological polar surface area (TPSA) is 60.9 Å². The Morgan fingerprint density at radius 2 is 1.86 bits per heavy atom. The van der Waals surface area contributed by atoms with Gasteiger partial charge in [-0.05, 0) is 57.3 Å². The summed E-state index contributed by atoms with van der Waals surface area (Å²) in [6, 6.07) is 12.0. The first-order valence-corrected chi connectivity index (χ1v) is 9.84. The van der Waals surface area contributed by atoms with Gasteiger partial charge in [0.15, 0.2) is 0 Å². The third kappa shape index (κ3) is 4.21. The van der Waals surface area contributed by atoms with Gasteiger partial charge in [-0.1, -0.05) is 41.4 Å². The quantitative estimate of drug-likeness (QED) is 0.459. The van der Waals surface area contributed by atoms with E-state index in [2.05, 4.69) is 0 Å². The van der Waals surface area contributed by atoms with Crippen molar-refractivity contribution in [3.8, 4) is 0 Å². The highest BCUT2D eigenvalue weighted by atomic mass is 35.5. The number of likely N-dealkylation sites (N-methyl/N-ethyl adjacent to an activating group) is 1. The van der Waals surface area contributed by atoms with Crippen LogP contribution in [-0.4, -0.2) is 53.8 Å². The smallest absolute Gasteiger partial charge is 0.295 e. The zero-order valence-electron chi connectivity index (χ0n) is 17.1. The van der Waals surface area contributed by atoms with Gasteiger partial charge in [-0.25, -0.2) is 0 Å². The molecule has 5 nitrogen and oxygen atoms in total. The Kier molecular flexibility index (Phi) is 6.10. The molecule has 0 spiro atoms. The third-order valence-corrected chi connectivity index (χ3v) is 5.38. The molecule has 0 bridgehead atoms. The number of aliphatic hydroxyl groups is 1. The molecule has 0 saturated carbocycles. The van der Waals surface area contributed by atoms with Gasteiger partial charge in [-0.2, -0.15) is 0 Å². The van der Waals surface area contributed by atoms with Crippen LogP contribution in [0.15, 0.2) is 48.0 Å². The number of carbonyl (C=O) groups is 2. The van der Waals surface area contributed by atoms with Crippen LogP contribution in [0.2, 0.25) is 5.02 Å². The molecule has 152 valence electrons. The Morgan fingerprint density at radius 1 is 1.14 bits per heavy atom. The SMILES string of the molecule is Cc1ccc(C)c(C(O)=C2C(=O)C(=O)N(CCN(C)C)[C@@H]2c2cccc(Cl)c2)c1. The summed E-state index contributed by atoms with van der Waals surface area (Å²) in [5, 5.41) is 11.7. The number of benzene rings is 2. The minimum absolute atomic E-state index is 0.102. The number of carbonyl (C=O) groups excluding carboxylic acids is 2. The van der Waals surface area contributed by atoms with Gasteiger partial charge in [-0.15, -0.1) is 0 Å². The summed E-state index contributed by atoms with van der Waals surface area (Å²) in [7, 11) is 3.81. The van der Waals surface area contributed by atoms with Crippen LogP contribution in [0.5, 0.6) is 0 Å². The molecule has 1 N–H and O–H groups in total. The van der Waals surface area contributed by atoms with Gasteiger partial charge >= 0.3 is 0 Å². The number of aryl methyl sites for hydroxylation is 2. The van der Waals surface area contributed by atoms with Crippen LogP contribution in [0.25, 0.3) is 5.76 Å². The molecule has 1 atom stereocenters. The van der Waals surface area contributed by atoms with E-state index in [1.165, 1.54) is 4.90 Å². The average molecular weight is 413 g/mol. The summed E-state index contributed by atoms with van der Waals surface area (Å²) in [5.41, 5.74) is 3.14. The maximum atomic E-state index is 13.0. The van der Waals surface area contributed by atoms with Crippen molar-refractivity contribution in [2.24, 2.45) is 0 Å². The summed E-state index contributed by atoms with van der Waals surface area (Å²) in [4.78, 5) is 29.3. The molecule has 2 aromatic rings. The second kappa shape index (κ2) is 8.39. The summed E-state index contributed by atoms with van der Waals surface area (Å²) < 4.78 is 0. The fourth-order valence-corrected chi connectivity index (χ4v) is 3.78. The van der Waals surface area contributed by atoms with Gasteiger partial charge in [0.2, 0.25) is 0 Å². The molecule has 6 heteroatoms. The summed E-state index contributed by atoms with van der Waals surface area (Å²) >= 11 is 6.19. The highest BCUT2D eigenvalue weighted by Crippen LogP contribution is 2.40. The van der Waals surface area contributed by atoms with Crippen LogP contribution in [0.1, 0.15) is 28.3 Å². The van der Waals surface area contributed by atoms with Crippen molar-refractivity contribution in [1.29, 1.82) is 0 Å². The number of nitrogens with zero attached hydrogens (tertiary/aromatic N) is 2. The van der Waals surface area contributed by atoms with Gasteiger partial charge in [0.25, 0.3) is 11.7 Å². The Labute approximate surface area is 176 Å². The van der Waals surface area contributed by atoms with Crippen molar-refractivity contribution in [1.82, 2.24) is 9.80 Å². The monoisotopic (exact) mass is 412 g/mol. The van der Waals surface area contributed by atoms with Crippen molar-refractivity contribution in [2.75, 3.05) is 27.2 Å². The van der Waals surface area contributed by atoms with E-state index in [9.17, 15) is 14.7 Å². The highest BCUT2D eigenvalue weighted by molar-refractivity contribution is 6.46. The molecule has 0 aromatic heterocycles. The fourth-order valence-electron chi connectivity index (χ4n) is 3.58. The molecule has 0 unspecified atom stereocenters. The minimum Gasteiger partial charge on any atom is -0.507 e. The fraction of sp³-hybridized carbons (Fsp3) is 0.304. The van der Waals surface area contributed by atoms with Crippen LogP contribution in [-0.2, 0) is 9.59 Å². The Bertz CT molecular complexity index is 997. The van der Waals surface area contributed by atoms with Gasteiger partial charge in [0.1, 0.15) is 5.76 Å². The van der Waals surface area contributed by atoms with Crippen molar-refractivity contribution in [3.05, 3.63) is 75.3 Å². The zero-order chi connectivity index (χ0) is 21.3. The normalized spacial score (nSPS) is 18.7. The van der Waals surface area contributed by atoms with E-state index >= 15 is 0 Å². The number of Topliss-reactive ketones (excluding diaryl/α,β-unsaturated/α-hetero) is 1. The maximum Gasteiger partial charge on any atom is 0.295 e. The molecular formula is C23H25ClN2O3. The molecule has 1 aliphatic heterocycles. The highest BCUT2D eigenvalue weighted by Gasteiger charge is 2.46. The number of aliphatic hydroxyl groups excluding tert-OH is 1. The summed E-state index contributed by atoms with van der Waals surface area (Å²) in [5.74, 6) is -1.43. The zero-order valence-corrected chi connectivity index (χ0v) is 17.8. The van der Waals surface area contributed by atoms with Gasteiger partial charge in [-0.3, -0.25) is 9.59 Å². The van der Waals surface area contributed by atoms with Crippen LogP contribution >= 0.6 is 11.6 Å². The van der Waals surface area contributed by atoms with E-state index < -0.39 is 17.7 Å². The van der Waals surface area contributed by atoms with Gasteiger partial charge < -0.3 is 14.9 Å². The first-order chi connectivity index (χ1) is 13.7. The van der Waals surface area contributed by atoms with Crippen molar-refractivity contribution < 1.29 is 14.7 Å². The number of ketones is 1. The number of rotatable bonds is 5. The Morgan fingerprint density at radius 3 is 2.52 bits per heavy atom. The van der Waals surface area contributed by atoms with Crippen LogP contribution in [0.3, 0.4) is 0 Å². The molecule has 1 amide bonds. The maximum absolute atomic E-state index is 13.0. The molecule has 1 saturated heterocycles. The minimum atomic E-state index is -0.687. The first-order valence-electron chi connectivity index (χ1n) is 9.47. The lowest BCUT2D eigenvalue weighted by atomic mass is 9.93. The lowest BCUT2D eigenvalue weighted by molar-refractivity contribution is -0.140. The van der Waals surface area contributed by atoms with Crippen molar-refractivity contribution in [2.45, 2.75) is 19.9 Å². The second-order valence-electron chi connectivity index (χ2n) is 7.67. The number of halogens is 1. The van der Waals surface area contributed by atoms with E-state index in [0.717, 1.165) is 11.1 Å². The van der Waals surface area contributed by atoms with Crippen molar-refractivity contribution >= 4 is 29.1 Å². The number of hydrogen-bond donors (Lipinski definition) is 1. The summed E-state index contributed by atoms with van der Waals surface area (Å²) in [6.07, 6.45) is 0. The molecule has 1 heterocycles. The van der Waals surface area contributed by atoms with E-state index in [-0.39, 0.29) is 11.3 Å². The number of likely N-dealkylation sites (tertiary alicyclic amines) is 1. The van der Waals surface area contributed by atoms with E-state index in [4.69, 9.17) is 11.6 Å². The predicted molar refractivity (Wildman–Crippen MR) is 115 cm³/mol. The third-order valence-electron chi connectivity index (χ3n) is 5.14. The molecule has 29 heavy (non-hydrogen) atoms. The van der Waals surface area contributed by atoms with Crippen LogP contribution in [0.4, 0.5) is 0 Å². The lowest BCUT2D eigenvalue weighted by Gasteiger charge is -2.26. The Balaban J connectivity index is 2.20. The molecule has 1 aliphatic rings. The van der Waals surface area contributed by atoms with Crippen LogP contribution < -0.4 is 0 Å². The van der Waals surface area contributed by atoms with Crippen molar-refractivity contribution in [3.63, 3.8) is 0 Å². The van der Waals surface area contributed by atoms with Crippen LogP contribution in [0, 0.1) is 13.8 Å². The number of amides is 1.